The Morgan fingerprint density at radius 2 is 2.14 bits per heavy atom. The van der Waals surface area contributed by atoms with Crippen molar-refractivity contribution in [2.45, 2.75) is 26.2 Å². The first-order valence-electron chi connectivity index (χ1n) is 4.98. The zero-order valence-electron chi connectivity index (χ0n) is 8.62. The Bertz CT molecular complexity index is 249. The first kappa shape index (κ1) is 11.0. The van der Waals surface area contributed by atoms with Crippen LogP contribution in [-0.4, -0.2) is 30.4 Å². The van der Waals surface area contributed by atoms with Crippen LogP contribution in [-0.2, 0) is 4.79 Å². The van der Waals surface area contributed by atoms with Crippen molar-refractivity contribution in [3.8, 4) is 6.07 Å². The van der Waals surface area contributed by atoms with Gasteiger partial charge < -0.3 is 10.6 Å². The van der Waals surface area contributed by atoms with Crippen molar-refractivity contribution in [3.63, 3.8) is 0 Å². The molecule has 0 atom stereocenters. The number of nitrogens with zero attached hydrogens (tertiary/aromatic N) is 2. The summed E-state index contributed by atoms with van der Waals surface area (Å²) in [4.78, 5) is 12.8. The quantitative estimate of drug-likeness (QED) is 0.712. The Morgan fingerprint density at radius 3 is 2.57 bits per heavy atom. The van der Waals surface area contributed by atoms with Crippen LogP contribution in [0.5, 0.6) is 0 Å². The highest BCUT2D eigenvalue weighted by Crippen LogP contribution is 2.29. The normalized spacial score (nSPS) is 21.4. The Morgan fingerprint density at radius 1 is 1.57 bits per heavy atom. The third kappa shape index (κ3) is 3.00. The van der Waals surface area contributed by atoms with E-state index in [2.05, 4.69) is 11.0 Å². The molecule has 0 aromatic rings. The minimum absolute atomic E-state index is 0.163. The van der Waals surface area contributed by atoms with Crippen LogP contribution in [0.25, 0.3) is 0 Å². The summed E-state index contributed by atoms with van der Waals surface area (Å²) in [7, 11) is 0. The Balaban J connectivity index is 2.30. The minimum atomic E-state index is -0.251. The molecule has 0 unspecified atom stereocenters. The number of carbonyl (C=O) groups is 1. The van der Waals surface area contributed by atoms with Crippen LogP contribution < -0.4 is 5.73 Å². The molecule has 1 amide bonds. The molecule has 14 heavy (non-hydrogen) atoms. The lowest BCUT2D eigenvalue weighted by Crippen LogP contribution is -2.39. The standard InChI is InChI=1S/C10H17N3O/c1-10(8-11)3-6-13(7-4-10)5-2-9(12)14/h2-7H2,1H3,(H2,12,14). The van der Waals surface area contributed by atoms with Crippen LogP contribution in [0.4, 0.5) is 0 Å². The number of hydrogen-bond donors (Lipinski definition) is 1. The average molecular weight is 195 g/mol. The molecule has 0 spiro atoms. The molecule has 1 fully saturated rings. The second-order valence-corrected chi connectivity index (χ2v) is 4.23. The molecule has 4 heteroatoms. The van der Waals surface area contributed by atoms with E-state index in [1.165, 1.54) is 0 Å². The monoisotopic (exact) mass is 195 g/mol. The zero-order chi connectivity index (χ0) is 10.6. The summed E-state index contributed by atoms with van der Waals surface area (Å²) in [6, 6.07) is 2.35. The maximum atomic E-state index is 10.6. The van der Waals surface area contributed by atoms with Gasteiger partial charge in [0.05, 0.1) is 11.5 Å². The molecule has 78 valence electrons. The predicted molar refractivity (Wildman–Crippen MR) is 53.2 cm³/mol. The fourth-order valence-electron chi connectivity index (χ4n) is 1.65. The predicted octanol–water partition coefficient (Wildman–Crippen LogP) is 0.487. The van der Waals surface area contributed by atoms with E-state index < -0.39 is 0 Å². The van der Waals surface area contributed by atoms with Crippen molar-refractivity contribution in [2.24, 2.45) is 11.1 Å². The van der Waals surface area contributed by atoms with Crippen LogP contribution in [0.2, 0.25) is 0 Å². The van der Waals surface area contributed by atoms with Gasteiger partial charge >= 0.3 is 0 Å². The van der Waals surface area contributed by atoms with Gasteiger partial charge in [-0.25, -0.2) is 0 Å². The highest BCUT2D eigenvalue weighted by molar-refractivity contribution is 5.73. The summed E-state index contributed by atoms with van der Waals surface area (Å²) in [5.74, 6) is -0.251. The van der Waals surface area contributed by atoms with Crippen molar-refractivity contribution in [1.82, 2.24) is 4.90 Å². The number of likely N-dealkylation sites (tertiary alicyclic amines) is 1. The first-order valence-corrected chi connectivity index (χ1v) is 4.98. The summed E-state index contributed by atoms with van der Waals surface area (Å²) in [5, 5.41) is 8.91. The summed E-state index contributed by atoms with van der Waals surface area (Å²) in [6.45, 7) is 4.53. The van der Waals surface area contributed by atoms with Crippen molar-refractivity contribution < 1.29 is 4.79 Å². The SMILES string of the molecule is CC1(C#N)CCN(CCC(N)=O)CC1. The van der Waals surface area contributed by atoms with Gasteiger partial charge in [0, 0.05) is 13.0 Å². The van der Waals surface area contributed by atoms with Crippen LogP contribution in [0.15, 0.2) is 0 Å². The number of carbonyl (C=O) groups excluding carboxylic acids is 1. The molecule has 1 saturated heterocycles. The number of rotatable bonds is 3. The molecule has 0 saturated carbocycles. The van der Waals surface area contributed by atoms with Gasteiger partial charge in [0.2, 0.25) is 5.91 Å². The van der Waals surface area contributed by atoms with Gasteiger partial charge in [-0.3, -0.25) is 4.79 Å². The lowest BCUT2D eigenvalue weighted by Gasteiger charge is -2.34. The lowest BCUT2D eigenvalue weighted by atomic mass is 9.82. The van der Waals surface area contributed by atoms with E-state index in [-0.39, 0.29) is 11.3 Å². The zero-order valence-corrected chi connectivity index (χ0v) is 8.62. The lowest BCUT2D eigenvalue weighted by molar-refractivity contribution is -0.118. The number of nitriles is 1. The molecule has 0 aliphatic carbocycles. The summed E-state index contributed by atoms with van der Waals surface area (Å²) < 4.78 is 0. The van der Waals surface area contributed by atoms with Gasteiger partial charge in [-0.1, -0.05) is 0 Å². The molecular weight excluding hydrogens is 178 g/mol. The fourth-order valence-corrected chi connectivity index (χ4v) is 1.65. The Hall–Kier alpha value is -1.08. The topological polar surface area (TPSA) is 70.1 Å². The molecule has 0 aromatic carbocycles. The molecule has 0 bridgehead atoms. The van der Waals surface area contributed by atoms with E-state index in [1.807, 2.05) is 6.92 Å². The molecule has 1 aliphatic heterocycles. The molecular formula is C10H17N3O. The maximum absolute atomic E-state index is 10.6. The van der Waals surface area contributed by atoms with Crippen molar-refractivity contribution in [2.75, 3.05) is 19.6 Å². The fraction of sp³-hybridized carbons (Fsp3) is 0.800. The van der Waals surface area contributed by atoms with E-state index >= 15 is 0 Å². The smallest absolute Gasteiger partial charge is 0.218 e. The van der Waals surface area contributed by atoms with Gasteiger partial charge in [-0.15, -0.1) is 0 Å². The highest BCUT2D eigenvalue weighted by Gasteiger charge is 2.29. The van der Waals surface area contributed by atoms with Crippen molar-refractivity contribution in [1.29, 1.82) is 5.26 Å². The van der Waals surface area contributed by atoms with E-state index in [0.29, 0.717) is 6.42 Å². The van der Waals surface area contributed by atoms with Gasteiger partial charge in [-0.2, -0.15) is 5.26 Å². The average Bonchev–Trinajstić information content (AvgIpc) is 2.17. The molecule has 1 rings (SSSR count). The Labute approximate surface area is 84.7 Å². The van der Waals surface area contributed by atoms with Crippen LogP contribution in [0.3, 0.4) is 0 Å². The number of amides is 1. The molecule has 0 radical (unpaired) electrons. The van der Waals surface area contributed by atoms with Gasteiger partial charge in [-0.05, 0) is 32.9 Å². The van der Waals surface area contributed by atoms with E-state index in [0.717, 1.165) is 32.5 Å². The van der Waals surface area contributed by atoms with Gasteiger partial charge in [0.1, 0.15) is 0 Å². The van der Waals surface area contributed by atoms with Crippen LogP contribution >= 0.6 is 0 Å². The summed E-state index contributed by atoms with van der Waals surface area (Å²) in [5.41, 5.74) is 4.91. The van der Waals surface area contributed by atoms with Crippen molar-refractivity contribution >= 4 is 5.91 Å². The third-order valence-corrected chi connectivity index (χ3v) is 2.90. The van der Waals surface area contributed by atoms with E-state index in [1.54, 1.807) is 0 Å². The third-order valence-electron chi connectivity index (χ3n) is 2.90. The van der Waals surface area contributed by atoms with Gasteiger partial charge in [0.25, 0.3) is 0 Å². The number of primary amides is 1. The summed E-state index contributed by atoms with van der Waals surface area (Å²) >= 11 is 0. The van der Waals surface area contributed by atoms with E-state index in [9.17, 15) is 4.79 Å². The number of piperidine rings is 1. The van der Waals surface area contributed by atoms with Crippen LogP contribution in [0, 0.1) is 16.7 Å². The van der Waals surface area contributed by atoms with Crippen LogP contribution in [0.1, 0.15) is 26.2 Å². The largest absolute Gasteiger partial charge is 0.370 e. The molecule has 0 aromatic heterocycles. The van der Waals surface area contributed by atoms with Crippen molar-refractivity contribution in [3.05, 3.63) is 0 Å². The minimum Gasteiger partial charge on any atom is -0.370 e. The number of hydrogen-bond acceptors (Lipinski definition) is 3. The molecule has 2 N–H and O–H groups in total. The second-order valence-electron chi connectivity index (χ2n) is 4.23. The first-order chi connectivity index (χ1) is 6.56. The maximum Gasteiger partial charge on any atom is 0.218 e. The second kappa shape index (κ2) is 4.43. The van der Waals surface area contributed by atoms with E-state index in [4.69, 9.17) is 11.0 Å². The van der Waals surface area contributed by atoms with Gasteiger partial charge in [0.15, 0.2) is 0 Å². The summed E-state index contributed by atoms with van der Waals surface area (Å²) in [6.07, 6.45) is 2.20. The highest BCUT2D eigenvalue weighted by atomic mass is 16.1. The molecule has 1 aliphatic rings. The molecule has 4 nitrogen and oxygen atoms in total. The molecule has 1 heterocycles. The Kier molecular flexibility index (Phi) is 3.48. The number of nitrogens with two attached hydrogens (primary N) is 1.